The molecule has 40 heavy (non-hydrogen) atoms. The fourth-order valence-electron chi connectivity index (χ4n) is 4.49. The van der Waals surface area contributed by atoms with Gasteiger partial charge in [-0.25, -0.2) is 0 Å². The Kier molecular flexibility index (Phi) is 13.4. The van der Waals surface area contributed by atoms with E-state index in [4.69, 9.17) is 18.6 Å². The first kappa shape index (κ1) is 33.5. The molecular formula is C32H50O5S2Si. The Bertz CT molecular complexity index is 975. The van der Waals surface area contributed by atoms with Gasteiger partial charge in [0.1, 0.15) is 5.75 Å². The number of hydrogen-bond donors (Lipinski definition) is 1. The van der Waals surface area contributed by atoms with Crippen LogP contribution in [0.1, 0.15) is 57.6 Å². The Morgan fingerprint density at radius 1 is 0.900 bits per heavy atom. The number of hydrogen-bond acceptors (Lipinski definition) is 7. The molecule has 1 N–H and O–H groups in total. The molecular weight excluding hydrogens is 557 g/mol. The topological polar surface area (TPSA) is 57.2 Å². The number of rotatable bonds is 16. The lowest BCUT2D eigenvalue weighted by molar-refractivity contribution is 0.0251. The number of thioether (sulfide) groups is 2. The van der Waals surface area contributed by atoms with Gasteiger partial charge in [0, 0.05) is 6.61 Å². The van der Waals surface area contributed by atoms with Crippen molar-refractivity contribution in [2.24, 2.45) is 0 Å². The third-order valence-corrected chi connectivity index (χ3v) is 15.8. The molecule has 2 aromatic rings. The zero-order valence-corrected chi connectivity index (χ0v) is 28.0. The molecule has 0 amide bonds. The van der Waals surface area contributed by atoms with Crippen molar-refractivity contribution in [1.29, 1.82) is 0 Å². The molecule has 0 unspecified atom stereocenters. The van der Waals surface area contributed by atoms with Gasteiger partial charge in [-0.15, -0.1) is 23.5 Å². The summed E-state index contributed by atoms with van der Waals surface area (Å²) in [6, 6.07) is 18.3. The zero-order chi connectivity index (χ0) is 29.1. The first-order valence-corrected chi connectivity index (χ1v) is 19.4. The predicted molar refractivity (Wildman–Crippen MR) is 173 cm³/mol. The molecule has 0 saturated carbocycles. The fourth-order valence-corrected chi connectivity index (χ4v) is 9.39. The first-order valence-electron chi connectivity index (χ1n) is 14.5. The van der Waals surface area contributed by atoms with Crippen LogP contribution in [-0.2, 0) is 27.1 Å². The molecule has 1 saturated heterocycles. The van der Waals surface area contributed by atoms with E-state index in [9.17, 15) is 5.11 Å². The van der Waals surface area contributed by atoms with E-state index in [-0.39, 0.29) is 15.2 Å². The van der Waals surface area contributed by atoms with Gasteiger partial charge in [-0.1, -0.05) is 63.2 Å². The summed E-state index contributed by atoms with van der Waals surface area (Å²) in [5.74, 6) is 3.07. The Hall–Kier alpha value is -1.00. The van der Waals surface area contributed by atoms with Crippen LogP contribution in [0.5, 0.6) is 5.75 Å². The monoisotopic (exact) mass is 606 g/mol. The van der Waals surface area contributed by atoms with Crippen LogP contribution in [0.15, 0.2) is 54.6 Å². The summed E-state index contributed by atoms with van der Waals surface area (Å²) in [5, 5.41) is 11.3. The van der Waals surface area contributed by atoms with Gasteiger partial charge in [-0.05, 0) is 78.6 Å². The van der Waals surface area contributed by atoms with Gasteiger partial charge >= 0.3 is 0 Å². The Morgan fingerprint density at radius 3 is 2.15 bits per heavy atom. The third-order valence-electron chi connectivity index (χ3n) is 7.81. The summed E-state index contributed by atoms with van der Waals surface area (Å²) in [6.45, 7) is 13.7. The van der Waals surface area contributed by atoms with E-state index in [0.29, 0.717) is 32.8 Å². The van der Waals surface area contributed by atoms with Crippen molar-refractivity contribution < 1.29 is 23.7 Å². The van der Waals surface area contributed by atoms with Crippen molar-refractivity contribution in [2.45, 2.75) is 94.1 Å². The summed E-state index contributed by atoms with van der Waals surface area (Å²) in [7, 11) is -0.339. The minimum atomic E-state index is -2.01. The quantitative estimate of drug-likeness (QED) is 0.154. The Balaban J connectivity index is 1.60. The zero-order valence-electron chi connectivity index (χ0n) is 25.3. The highest BCUT2D eigenvalue weighted by molar-refractivity contribution is 8.18. The van der Waals surface area contributed by atoms with Gasteiger partial charge in [0.2, 0.25) is 0 Å². The van der Waals surface area contributed by atoms with E-state index >= 15 is 0 Å². The van der Waals surface area contributed by atoms with Crippen LogP contribution in [-0.4, -0.2) is 61.5 Å². The molecule has 1 fully saturated rings. The molecule has 2 aromatic carbocycles. The lowest BCUT2D eigenvalue weighted by Gasteiger charge is -2.44. The average molecular weight is 607 g/mol. The van der Waals surface area contributed by atoms with E-state index in [1.807, 2.05) is 53.9 Å². The number of ether oxygens (including phenoxy) is 3. The third kappa shape index (κ3) is 11.0. The average Bonchev–Trinajstić information content (AvgIpc) is 2.91. The largest absolute Gasteiger partial charge is 0.497 e. The van der Waals surface area contributed by atoms with Crippen LogP contribution < -0.4 is 4.74 Å². The van der Waals surface area contributed by atoms with Crippen molar-refractivity contribution in [3.63, 3.8) is 0 Å². The van der Waals surface area contributed by atoms with Crippen LogP contribution in [0.4, 0.5) is 0 Å². The number of methoxy groups -OCH3 is 1. The van der Waals surface area contributed by atoms with Gasteiger partial charge in [0.15, 0.2) is 8.32 Å². The van der Waals surface area contributed by atoms with E-state index in [1.165, 1.54) is 12.0 Å². The summed E-state index contributed by atoms with van der Waals surface area (Å²) in [6.07, 6.45) is 2.99. The highest BCUT2D eigenvalue weighted by Gasteiger charge is 2.43. The maximum atomic E-state index is 11.1. The molecule has 0 aromatic heterocycles. The van der Waals surface area contributed by atoms with Crippen LogP contribution in [0, 0.1) is 0 Å². The van der Waals surface area contributed by atoms with Gasteiger partial charge in [0.05, 0.1) is 43.2 Å². The van der Waals surface area contributed by atoms with Crippen LogP contribution in [0.25, 0.3) is 0 Å². The molecule has 5 nitrogen and oxygen atoms in total. The normalized spacial score (nSPS) is 17.4. The van der Waals surface area contributed by atoms with Crippen LogP contribution in [0.3, 0.4) is 0 Å². The van der Waals surface area contributed by atoms with E-state index in [1.54, 1.807) is 7.11 Å². The Labute approximate surface area is 252 Å². The van der Waals surface area contributed by atoms with Crippen molar-refractivity contribution in [1.82, 2.24) is 0 Å². The van der Waals surface area contributed by atoms with Crippen molar-refractivity contribution in [2.75, 3.05) is 31.8 Å². The van der Waals surface area contributed by atoms with Crippen LogP contribution >= 0.6 is 23.5 Å². The molecule has 3 rings (SSSR count). The molecule has 0 spiro atoms. The molecule has 1 heterocycles. The highest BCUT2D eigenvalue weighted by Crippen LogP contribution is 2.50. The van der Waals surface area contributed by atoms with E-state index in [2.05, 4.69) is 58.1 Å². The van der Waals surface area contributed by atoms with Gasteiger partial charge in [0.25, 0.3) is 0 Å². The molecule has 2 atom stereocenters. The van der Waals surface area contributed by atoms with E-state index in [0.717, 1.165) is 35.7 Å². The lowest BCUT2D eigenvalue weighted by Crippen LogP contribution is -2.47. The molecule has 1 aliphatic heterocycles. The second kappa shape index (κ2) is 16.0. The number of aliphatic hydroxyl groups excluding tert-OH is 1. The van der Waals surface area contributed by atoms with Gasteiger partial charge in [-0.2, -0.15) is 0 Å². The molecule has 0 bridgehead atoms. The number of benzene rings is 2. The second-order valence-electron chi connectivity index (χ2n) is 12.2. The Morgan fingerprint density at radius 2 is 1.52 bits per heavy atom. The van der Waals surface area contributed by atoms with Gasteiger partial charge < -0.3 is 23.7 Å². The SMILES string of the molecule is COc1ccc(COCC[C@H](O)CC2(C[C@H](COCc3ccccc3)O[Si](C)(C)C(C)(C)C)SCCCS2)cc1. The molecule has 1 aliphatic rings. The summed E-state index contributed by atoms with van der Waals surface area (Å²) in [5.41, 5.74) is 2.28. The summed E-state index contributed by atoms with van der Waals surface area (Å²) < 4.78 is 24.3. The minimum Gasteiger partial charge on any atom is -0.497 e. The first-order chi connectivity index (χ1) is 19.0. The maximum Gasteiger partial charge on any atom is 0.192 e. The fraction of sp³-hybridized carbons (Fsp3) is 0.625. The predicted octanol–water partition coefficient (Wildman–Crippen LogP) is 7.92. The van der Waals surface area contributed by atoms with Crippen molar-refractivity contribution in [3.05, 3.63) is 65.7 Å². The smallest absolute Gasteiger partial charge is 0.192 e. The molecule has 0 radical (unpaired) electrons. The highest BCUT2D eigenvalue weighted by atomic mass is 32.2. The molecule has 8 heteroatoms. The van der Waals surface area contributed by atoms with Crippen molar-refractivity contribution in [3.8, 4) is 5.75 Å². The van der Waals surface area contributed by atoms with Crippen LogP contribution in [0.2, 0.25) is 18.1 Å². The summed E-state index contributed by atoms with van der Waals surface area (Å²) in [4.78, 5) is 0. The van der Waals surface area contributed by atoms with Gasteiger partial charge in [-0.3, -0.25) is 0 Å². The molecule has 0 aliphatic carbocycles. The number of aliphatic hydroxyl groups is 1. The maximum absolute atomic E-state index is 11.1. The second-order valence-corrected chi connectivity index (χ2v) is 20.2. The minimum absolute atomic E-state index is 0.0128. The lowest BCUT2D eigenvalue weighted by atomic mass is 10.1. The molecule has 224 valence electrons. The van der Waals surface area contributed by atoms with E-state index < -0.39 is 14.4 Å². The van der Waals surface area contributed by atoms with Crippen molar-refractivity contribution >= 4 is 31.8 Å². The summed E-state index contributed by atoms with van der Waals surface area (Å²) >= 11 is 4.00. The standard InChI is InChI=1S/C32H50O5S2Si/c1-31(2,3)40(5,6)37-30(25-36-24-26-11-8-7-9-12-26)22-32(38-19-10-20-39-32)21-28(33)17-18-35-23-27-13-15-29(34-4)16-14-27/h7-9,11-16,28,30,33H,10,17-25H2,1-6H3/t28-,30+/m0/s1.